The summed E-state index contributed by atoms with van der Waals surface area (Å²) in [5.41, 5.74) is 3.58. The van der Waals surface area contributed by atoms with Gasteiger partial charge in [-0.25, -0.2) is 8.42 Å². The Labute approximate surface area is 152 Å². The molecule has 1 fully saturated rings. The zero-order valence-electron chi connectivity index (χ0n) is 14.0. The van der Waals surface area contributed by atoms with E-state index < -0.39 is 9.84 Å². The topological polar surface area (TPSA) is 49.7 Å². The minimum atomic E-state index is -2.93. The fourth-order valence-electron chi connectivity index (χ4n) is 3.31. The Morgan fingerprint density at radius 1 is 1.08 bits per heavy atom. The molecule has 0 radical (unpaired) electrons. The number of rotatable bonds is 3. The van der Waals surface area contributed by atoms with Gasteiger partial charge in [-0.2, -0.15) is 0 Å². The number of para-hydroxylation sites is 1. The number of amidine groups is 1. The zero-order chi connectivity index (χ0) is 17.4. The first-order valence-electron chi connectivity index (χ1n) is 8.34. The van der Waals surface area contributed by atoms with Crippen molar-refractivity contribution in [3.05, 3.63) is 65.7 Å². The van der Waals surface area contributed by atoms with Gasteiger partial charge < -0.3 is 4.90 Å². The molecule has 2 atom stereocenters. The van der Waals surface area contributed by atoms with Gasteiger partial charge in [0.05, 0.1) is 24.1 Å². The van der Waals surface area contributed by atoms with Crippen molar-refractivity contribution in [3.8, 4) is 0 Å². The molecule has 2 aliphatic rings. The molecular weight excluding hydrogens is 352 g/mol. The molecule has 2 aromatic carbocycles. The van der Waals surface area contributed by atoms with Crippen molar-refractivity contribution >= 4 is 32.5 Å². The average Bonchev–Trinajstić information content (AvgIpc) is 3.08. The van der Waals surface area contributed by atoms with Crippen molar-refractivity contribution in [2.24, 2.45) is 4.99 Å². The van der Waals surface area contributed by atoms with Gasteiger partial charge in [0, 0.05) is 10.9 Å². The summed E-state index contributed by atoms with van der Waals surface area (Å²) in [6.45, 7) is 2.85. The molecule has 2 aliphatic heterocycles. The molecule has 1 saturated heterocycles. The van der Waals surface area contributed by atoms with E-state index in [1.54, 1.807) is 11.8 Å². The summed E-state index contributed by atoms with van der Waals surface area (Å²) in [6, 6.07) is 18.4. The van der Waals surface area contributed by atoms with Gasteiger partial charge in [0.1, 0.15) is 0 Å². The lowest BCUT2D eigenvalue weighted by Crippen LogP contribution is -2.28. The first-order valence-corrected chi connectivity index (χ1v) is 11.0. The molecule has 0 N–H and O–H groups in total. The van der Waals surface area contributed by atoms with E-state index in [4.69, 9.17) is 4.99 Å². The van der Waals surface area contributed by atoms with Crippen LogP contribution in [0.3, 0.4) is 0 Å². The Hall–Kier alpha value is -1.79. The summed E-state index contributed by atoms with van der Waals surface area (Å²) in [6.07, 6.45) is 0. The third-order valence-corrected chi connectivity index (χ3v) is 7.94. The molecule has 6 heteroatoms. The fourth-order valence-corrected chi connectivity index (χ4v) is 7.09. The molecule has 0 amide bonds. The molecule has 4 nitrogen and oxygen atoms in total. The monoisotopic (exact) mass is 372 g/mol. The normalized spacial score (nSPS) is 24.0. The number of aryl methyl sites for hydroxylation is 1. The van der Waals surface area contributed by atoms with E-state index in [0.717, 1.165) is 17.4 Å². The van der Waals surface area contributed by atoms with E-state index >= 15 is 0 Å². The third kappa shape index (κ3) is 3.46. The van der Waals surface area contributed by atoms with Crippen LogP contribution in [0.4, 0.5) is 5.69 Å². The molecule has 0 saturated carbocycles. The van der Waals surface area contributed by atoms with Crippen LogP contribution in [0.15, 0.2) is 59.6 Å². The number of hydrogen-bond acceptors (Lipinski definition) is 5. The number of sulfone groups is 1. The van der Waals surface area contributed by atoms with Crippen LogP contribution in [0.25, 0.3) is 0 Å². The SMILES string of the molecule is Cc1ccccc1CN(C1=N[C@@H]2CS(=O)(=O)C[C@H]2S1)c1ccccc1. The quantitative estimate of drug-likeness (QED) is 0.830. The molecule has 0 unspecified atom stereocenters. The zero-order valence-corrected chi connectivity index (χ0v) is 15.6. The van der Waals surface area contributed by atoms with E-state index in [1.165, 1.54) is 11.1 Å². The highest BCUT2D eigenvalue weighted by Gasteiger charge is 2.44. The van der Waals surface area contributed by atoms with Crippen molar-refractivity contribution < 1.29 is 8.42 Å². The highest BCUT2D eigenvalue weighted by Crippen LogP contribution is 2.37. The van der Waals surface area contributed by atoms with Crippen LogP contribution in [-0.4, -0.2) is 36.4 Å². The maximum Gasteiger partial charge on any atom is 0.164 e. The smallest absolute Gasteiger partial charge is 0.164 e. The van der Waals surface area contributed by atoms with Gasteiger partial charge in [0.15, 0.2) is 15.0 Å². The van der Waals surface area contributed by atoms with Gasteiger partial charge in [-0.15, -0.1) is 0 Å². The van der Waals surface area contributed by atoms with Crippen LogP contribution in [0.5, 0.6) is 0 Å². The summed E-state index contributed by atoms with van der Waals surface area (Å²) in [5, 5.41) is 0.988. The summed E-state index contributed by atoms with van der Waals surface area (Å²) in [4.78, 5) is 6.98. The Bertz CT molecular complexity index is 910. The Kier molecular flexibility index (Phi) is 4.33. The number of benzene rings is 2. The van der Waals surface area contributed by atoms with Crippen LogP contribution >= 0.6 is 11.8 Å². The van der Waals surface area contributed by atoms with Gasteiger partial charge in [-0.05, 0) is 30.2 Å². The molecular formula is C19H20N2O2S2. The van der Waals surface area contributed by atoms with Crippen molar-refractivity contribution in [3.63, 3.8) is 0 Å². The second kappa shape index (κ2) is 6.50. The first kappa shape index (κ1) is 16.7. The van der Waals surface area contributed by atoms with Crippen molar-refractivity contribution in [2.45, 2.75) is 24.8 Å². The van der Waals surface area contributed by atoms with E-state index in [1.807, 2.05) is 24.3 Å². The van der Waals surface area contributed by atoms with E-state index in [-0.39, 0.29) is 22.8 Å². The van der Waals surface area contributed by atoms with Crippen molar-refractivity contribution in [1.29, 1.82) is 0 Å². The Morgan fingerprint density at radius 2 is 1.80 bits per heavy atom. The minimum Gasteiger partial charge on any atom is -0.317 e. The maximum atomic E-state index is 11.8. The van der Waals surface area contributed by atoms with Gasteiger partial charge in [0.2, 0.25) is 0 Å². The predicted octanol–water partition coefficient (Wildman–Crippen LogP) is 3.27. The first-order chi connectivity index (χ1) is 12.0. The highest BCUT2D eigenvalue weighted by molar-refractivity contribution is 8.15. The van der Waals surface area contributed by atoms with Gasteiger partial charge in [-0.1, -0.05) is 54.2 Å². The number of fused-ring (bicyclic) bond motifs is 1. The number of aliphatic imine (C=N–C) groups is 1. The van der Waals surface area contributed by atoms with E-state index in [0.29, 0.717) is 0 Å². The van der Waals surface area contributed by atoms with Crippen LogP contribution in [0, 0.1) is 6.92 Å². The predicted molar refractivity (Wildman–Crippen MR) is 105 cm³/mol. The lowest BCUT2D eigenvalue weighted by atomic mass is 10.1. The number of anilines is 1. The standard InChI is InChI=1S/C19H20N2O2S2/c1-14-7-5-6-8-15(14)11-21(16-9-3-2-4-10-16)19-20-17-12-25(22,23)13-18(17)24-19/h2-10,17-18H,11-13H2,1H3/t17-,18-/m1/s1. The largest absolute Gasteiger partial charge is 0.317 e. The number of nitrogens with zero attached hydrogens (tertiary/aromatic N) is 2. The molecule has 25 heavy (non-hydrogen) atoms. The van der Waals surface area contributed by atoms with Crippen LogP contribution in [-0.2, 0) is 16.4 Å². The van der Waals surface area contributed by atoms with Crippen molar-refractivity contribution in [1.82, 2.24) is 0 Å². The van der Waals surface area contributed by atoms with Crippen LogP contribution < -0.4 is 4.90 Å². The van der Waals surface area contributed by atoms with E-state index in [9.17, 15) is 8.42 Å². The summed E-state index contributed by atoms with van der Waals surface area (Å²) in [5.74, 6) is 0.420. The number of thioether (sulfide) groups is 1. The van der Waals surface area contributed by atoms with Gasteiger partial charge in [0.25, 0.3) is 0 Å². The molecule has 2 aromatic rings. The summed E-state index contributed by atoms with van der Waals surface area (Å²) >= 11 is 1.61. The third-order valence-electron chi connectivity index (χ3n) is 4.69. The molecule has 0 aromatic heterocycles. The second-order valence-corrected chi connectivity index (χ2v) is 9.92. The van der Waals surface area contributed by atoms with E-state index in [2.05, 4.69) is 42.2 Å². The van der Waals surface area contributed by atoms with Gasteiger partial charge in [-0.3, -0.25) is 4.99 Å². The lowest BCUT2D eigenvalue weighted by Gasteiger charge is -2.25. The number of hydrogen-bond donors (Lipinski definition) is 0. The van der Waals surface area contributed by atoms with Crippen LogP contribution in [0.1, 0.15) is 11.1 Å². The van der Waals surface area contributed by atoms with Crippen molar-refractivity contribution in [2.75, 3.05) is 16.4 Å². The molecule has 4 rings (SSSR count). The fraction of sp³-hybridized carbons (Fsp3) is 0.316. The van der Waals surface area contributed by atoms with Gasteiger partial charge >= 0.3 is 0 Å². The van der Waals surface area contributed by atoms with Crippen LogP contribution in [0.2, 0.25) is 0 Å². The second-order valence-electron chi connectivity index (χ2n) is 6.56. The molecule has 0 aliphatic carbocycles. The summed E-state index contributed by atoms with van der Waals surface area (Å²) < 4.78 is 23.7. The average molecular weight is 373 g/mol. The molecule has 0 spiro atoms. The highest BCUT2D eigenvalue weighted by atomic mass is 32.2. The maximum absolute atomic E-state index is 11.8. The minimum absolute atomic E-state index is 0.0584. The summed E-state index contributed by atoms with van der Waals surface area (Å²) in [7, 11) is -2.93. The Balaban J connectivity index is 1.67. The Morgan fingerprint density at radius 3 is 2.52 bits per heavy atom. The lowest BCUT2D eigenvalue weighted by molar-refractivity contribution is 0.601. The molecule has 0 bridgehead atoms. The molecule has 130 valence electrons. The molecule has 2 heterocycles.